The number of amides is 2. The second kappa shape index (κ2) is 9.76. The molecular formula is C23H30FN3O4. The third-order valence-electron chi connectivity index (χ3n) is 4.59. The van der Waals surface area contributed by atoms with E-state index in [2.05, 4.69) is 10.3 Å². The molecule has 1 aromatic heterocycles. The Kier molecular flexibility index (Phi) is 7.60. The molecule has 0 aliphatic rings. The second-order valence-corrected chi connectivity index (χ2v) is 8.43. The molecule has 7 nitrogen and oxygen atoms in total. The summed E-state index contributed by atoms with van der Waals surface area (Å²) in [5, 5.41) is 2.86. The number of aromatic nitrogens is 1. The fraction of sp³-hybridized carbons (Fsp3) is 0.435. The highest BCUT2D eigenvalue weighted by Gasteiger charge is 2.27. The third kappa shape index (κ3) is 6.41. The van der Waals surface area contributed by atoms with Crippen molar-refractivity contribution in [3.05, 3.63) is 58.2 Å². The maximum Gasteiger partial charge on any atom is 0.355 e. The molecule has 0 spiro atoms. The van der Waals surface area contributed by atoms with Crippen molar-refractivity contribution in [1.29, 1.82) is 0 Å². The normalized spacial score (nSPS) is 11.2. The lowest BCUT2D eigenvalue weighted by molar-refractivity contribution is 0.0519. The van der Waals surface area contributed by atoms with E-state index in [-0.39, 0.29) is 37.0 Å². The van der Waals surface area contributed by atoms with Gasteiger partial charge in [-0.3, -0.25) is 4.79 Å². The first kappa shape index (κ1) is 24.1. The van der Waals surface area contributed by atoms with E-state index in [4.69, 9.17) is 4.74 Å². The van der Waals surface area contributed by atoms with E-state index < -0.39 is 17.5 Å². The van der Waals surface area contributed by atoms with Gasteiger partial charge in [-0.2, -0.15) is 0 Å². The van der Waals surface area contributed by atoms with E-state index in [1.165, 1.54) is 17.0 Å². The predicted molar refractivity (Wildman–Crippen MR) is 116 cm³/mol. The summed E-state index contributed by atoms with van der Waals surface area (Å²) in [6.07, 6.45) is 0. The molecule has 0 bridgehead atoms. The highest BCUT2D eigenvalue weighted by atomic mass is 19.1. The maximum absolute atomic E-state index is 13.3. The fourth-order valence-corrected chi connectivity index (χ4v) is 3.24. The Labute approximate surface area is 182 Å². The highest BCUT2D eigenvalue weighted by molar-refractivity contribution is 6.04. The molecule has 0 fully saturated rings. The SMILES string of the molecule is CCOC(=O)c1[nH]c(C)c(C(=O)CN(Cc2ccc(F)cc2)C(=O)NC(C)(C)C)c1C. The van der Waals surface area contributed by atoms with Gasteiger partial charge >= 0.3 is 12.0 Å². The van der Waals surface area contributed by atoms with Crippen LogP contribution in [0.5, 0.6) is 0 Å². The Balaban J connectivity index is 2.31. The maximum atomic E-state index is 13.3. The van der Waals surface area contributed by atoms with Crippen LogP contribution in [0.1, 0.15) is 65.4 Å². The van der Waals surface area contributed by atoms with Gasteiger partial charge in [0.15, 0.2) is 5.78 Å². The number of ether oxygens (including phenoxy) is 1. The van der Waals surface area contributed by atoms with E-state index in [0.29, 0.717) is 22.4 Å². The highest BCUT2D eigenvalue weighted by Crippen LogP contribution is 2.20. The zero-order valence-corrected chi connectivity index (χ0v) is 18.9. The van der Waals surface area contributed by atoms with Crippen molar-refractivity contribution in [2.75, 3.05) is 13.2 Å². The van der Waals surface area contributed by atoms with Crippen molar-refractivity contribution >= 4 is 17.8 Å². The van der Waals surface area contributed by atoms with Crippen LogP contribution in [0, 0.1) is 19.7 Å². The molecule has 2 N–H and O–H groups in total. The van der Waals surface area contributed by atoms with Crippen LogP contribution in [0.3, 0.4) is 0 Å². The van der Waals surface area contributed by atoms with Crippen LogP contribution in [0.15, 0.2) is 24.3 Å². The van der Waals surface area contributed by atoms with Gasteiger partial charge in [-0.05, 0) is 64.8 Å². The summed E-state index contributed by atoms with van der Waals surface area (Å²) in [4.78, 5) is 42.5. The summed E-state index contributed by atoms with van der Waals surface area (Å²) in [5.74, 6) is -1.22. The molecule has 2 aromatic rings. The number of aryl methyl sites for hydroxylation is 1. The lowest BCUT2D eigenvalue weighted by atomic mass is 10.0. The van der Waals surface area contributed by atoms with Crippen molar-refractivity contribution < 1.29 is 23.5 Å². The lowest BCUT2D eigenvalue weighted by Gasteiger charge is -2.28. The molecule has 0 saturated heterocycles. The number of hydrogen-bond donors (Lipinski definition) is 2. The number of esters is 1. The van der Waals surface area contributed by atoms with Crippen molar-refractivity contribution in [2.45, 2.75) is 53.6 Å². The predicted octanol–water partition coefficient (Wildman–Crippen LogP) is 4.14. The standard InChI is InChI=1S/C23H30FN3O4/c1-7-31-21(29)20-14(2)19(15(3)25-20)18(28)13-27(22(30)26-23(4,5)6)12-16-8-10-17(24)11-9-16/h8-11,25H,7,12-13H2,1-6H3,(H,26,30). The van der Waals surface area contributed by atoms with Gasteiger partial charge in [-0.25, -0.2) is 14.0 Å². The van der Waals surface area contributed by atoms with Crippen LogP contribution in [0.4, 0.5) is 9.18 Å². The average molecular weight is 432 g/mol. The number of nitrogens with zero attached hydrogens (tertiary/aromatic N) is 1. The summed E-state index contributed by atoms with van der Waals surface area (Å²) in [6, 6.07) is 5.35. The number of hydrogen-bond acceptors (Lipinski definition) is 4. The van der Waals surface area contributed by atoms with Crippen molar-refractivity contribution in [2.24, 2.45) is 0 Å². The number of aromatic amines is 1. The Hall–Kier alpha value is -3.16. The van der Waals surface area contributed by atoms with Gasteiger partial charge in [0.25, 0.3) is 0 Å². The first-order valence-electron chi connectivity index (χ1n) is 10.1. The minimum Gasteiger partial charge on any atom is -0.461 e. The van der Waals surface area contributed by atoms with Gasteiger partial charge in [-0.15, -0.1) is 0 Å². The van der Waals surface area contributed by atoms with E-state index in [1.807, 2.05) is 20.8 Å². The van der Waals surface area contributed by atoms with E-state index in [1.54, 1.807) is 32.9 Å². The number of halogens is 1. The van der Waals surface area contributed by atoms with Gasteiger partial charge in [0.2, 0.25) is 0 Å². The first-order chi connectivity index (χ1) is 14.4. The molecule has 1 aromatic carbocycles. The number of Topliss-reactive ketones (excluding diaryl/α,β-unsaturated/α-hetero) is 1. The number of carbonyl (C=O) groups is 3. The average Bonchev–Trinajstić information content (AvgIpc) is 2.96. The third-order valence-corrected chi connectivity index (χ3v) is 4.59. The van der Waals surface area contributed by atoms with Gasteiger partial charge in [0.1, 0.15) is 11.5 Å². The summed E-state index contributed by atoms with van der Waals surface area (Å²) < 4.78 is 18.3. The smallest absolute Gasteiger partial charge is 0.355 e. The summed E-state index contributed by atoms with van der Waals surface area (Å²) in [5.41, 5.74) is 1.79. The molecule has 0 aliphatic carbocycles. The number of rotatable bonds is 7. The van der Waals surface area contributed by atoms with E-state index in [9.17, 15) is 18.8 Å². The molecule has 0 aliphatic heterocycles. The molecule has 0 unspecified atom stereocenters. The second-order valence-electron chi connectivity index (χ2n) is 8.43. The lowest BCUT2D eigenvalue weighted by Crippen LogP contribution is -2.49. The summed E-state index contributed by atoms with van der Waals surface area (Å²) >= 11 is 0. The van der Waals surface area contributed by atoms with Crippen LogP contribution in [-0.2, 0) is 11.3 Å². The van der Waals surface area contributed by atoms with Crippen LogP contribution < -0.4 is 5.32 Å². The number of nitrogens with one attached hydrogen (secondary N) is 2. The Morgan fingerprint density at radius 3 is 2.29 bits per heavy atom. The van der Waals surface area contributed by atoms with Crippen molar-refractivity contribution in [3.63, 3.8) is 0 Å². The summed E-state index contributed by atoms with van der Waals surface area (Å²) in [6.45, 7) is 10.7. The first-order valence-corrected chi connectivity index (χ1v) is 10.1. The Morgan fingerprint density at radius 2 is 1.74 bits per heavy atom. The zero-order chi connectivity index (χ0) is 23.3. The molecule has 0 radical (unpaired) electrons. The van der Waals surface area contributed by atoms with Gasteiger partial charge in [0, 0.05) is 23.3 Å². The zero-order valence-electron chi connectivity index (χ0n) is 18.9. The molecule has 0 saturated carbocycles. The summed E-state index contributed by atoms with van der Waals surface area (Å²) in [7, 11) is 0. The van der Waals surface area contributed by atoms with E-state index >= 15 is 0 Å². The van der Waals surface area contributed by atoms with Crippen LogP contribution in [0.2, 0.25) is 0 Å². The molecule has 2 amide bonds. The van der Waals surface area contributed by atoms with Gasteiger partial charge < -0.3 is 19.9 Å². The quantitative estimate of drug-likeness (QED) is 0.509. The molecule has 31 heavy (non-hydrogen) atoms. The molecule has 168 valence electrons. The number of benzene rings is 1. The topological polar surface area (TPSA) is 91.5 Å². The van der Waals surface area contributed by atoms with Gasteiger partial charge in [-0.1, -0.05) is 12.1 Å². The van der Waals surface area contributed by atoms with Crippen LogP contribution >= 0.6 is 0 Å². The Bertz CT molecular complexity index is 958. The number of carbonyl (C=O) groups excluding carboxylic acids is 3. The molecular weight excluding hydrogens is 401 g/mol. The molecule has 8 heteroatoms. The van der Waals surface area contributed by atoms with Crippen molar-refractivity contribution in [1.82, 2.24) is 15.2 Å². The number of urea groups is 1. The molecule has 2 rings (SSSR count). The number of ketones is 1. The van der Waals surface area contributed by atoms with Crippen LogP contribution in [-0.4, -0.2) is 46.4 Å². The van der Waals surface area contributed by atoms with Gasteiger partial charge in [0.05, 0.1) is 13.2 Å². The van der Waals surface area contributed by atoms with Crippen LogP contribution in [0.25, 0.3) is 0 Å². The minimum absolute atomic E-state index is 0.126. The fourth-order valence-electron chi connectivity index (χ4n) is 3.24. The molecule has 0 atom stereocenters. The monoisotopic (exact) mass is 431 g/mol. The largest absolute Gasteiger partial charge is 0.461 e. The Morgan fingerprint density at radius 1 is 1.13 bits per heavy atom. The van der Waals surface area contributed by atoms with Crippen molar-refractivity contribution in [3.8, 4) is 0 Å². The molecule has 1 heterocycles. The minimum atomic E-state index is -0.532. The number of H-pyrrole nitrogens is 1. The van der Waals surface area contributed by atoms with E-state index in [0.717, 1.165) is 0 Å².